The van der Waals surface area contributed by atoms with Crippen molar-refractivity contribution in [2.45, 2.75) is 82.2 Å². The van der Waals surface area contributed by atoms with Crippen LogP contribution in [0.3, 0.4) is 0 Å². The first-order chi connectivity index (χ1) is 20.8. The maximum absolute atomic E-state index is 13.7. The molecule has 1 aromatic carbocycles. The van der Waals surface area contributed by atoms with Gasteiger partial charge in [-0.1, -0.05) is 36.8 Å². The SMILES string of the molecule is CC(=O)OC1(NC(=O)C(=Cc2ccccc2)OC(F)(F)F)C=C(O)C2=C3C1O[C@H]1CCC[C@H]4[C@@H](C2)[N+](C)(CC2CC2)CC[C@]314. The number of nitrogens with one attached hydrogen (secondary N) is 1. The molecule has 44 heavy (non-hydrogen) atoms. The number of allylic oxidation sites excluding steroid dienone is 1. The van der Waals surface area contributed by atoms with Crippen molar-refractivity contribution in [3.05, 3.63) is 64.6 Å². The average molecular weight is 616 g/mol. The molecule has 2 N–H and O–H groups in total. The molecule has 3 unspecified atom stereocenters. The molecule has 1 amide bonds. The Morgan fingerprint density at radius 2 is 1.93 bits per heavy atom. The minimum Gasteiger partial charge on any atom is -0.508 e. The molecule has 6 aliphatic rings. The molecular weight excluding hydrogens is 577 g/mol. The lowest BCUT2D eigenvalue weighted by Gasteiger charge is -2.62. The van der Waals surface area contributed by atoms with E-state index in [9.17, 15) is 27.9 Å². The molecule has 2 saturated heterocycles. The lowest BCUT2D eigenvalue weighted by molar-refractivity contribution is -0.947. The van der Waals surface area contributed by atoms with Crippen molar-refractivity contribution < 1.29 is 46.6 Å². The summed E-state index contributed by atoms with van der Waals surface area (Å²) in [5, 5.41) is 14.2. The van der Waals surface area contributed by atoms with Gasteiger partial charge in [-0.3, -0.25) is 9.59 Å². The van der Waals surface area contributed by atoms with Crippen LogP contribution in [-0.4, -0.2) is 71.9 Å². The van der Waals surface area contributed by atoms with Crippen molar-refractivity contribution in [3.8, 4) is 0 Å². The maximum atomic E-state index is 13.7. The van der Waals surface area contributed by atoms with Gasteiger partial charge in [-0.25, -0.2) is 0 Å². The van der Waals surface area contributed by atoms with Gasteiger partial charge in [-0.2, -0.15) is 0 Å². The summed E-state index contributed by atoms with van der Waals surface area (Å²) in [4.78, 5) is 26.3. The number of quaternary nitrogens is 1. The second kappa shape index (κ2) is 10.1. The number of alkyl halides is 3. The third-order valence-corrected chi connectivity index (χ3v) is 10.9. The van der Waals surface area contributed by atoms with Crippen molar-refractivity contribution in [1.82, 2.24) is 5.32 Å². The Balaban J connectivity index is 1.30. The minimum absolute atomic E-state index is 0.138. The standard InChI is InChI=1S/C33H37F3N2O6/c1-19(39)43-32(37-30(41)26(44-33(34,35)36)15-20-7-4-3-5-8-20)17-25(40)22-16-24-23-9-6-10-27-31(23,28(22)29(32)42-27)13-14-38(24,2)18-21-11-12-21/h3-5,7-8,15,17,21,23-24,27,29H,6,9-14,16,18H2,1-2H3,(H-,37,40,41)/p+1/t23-,24+,27-,29?,31+,32?,38?/m0/s1. The first-order valence-electron chi connectivity index (χ1n) is 15.5. The summed E-state index contributed by atoms with van der Waals surface area (Å²) < 4.78 is 58.2. The second-order valence-corrected chi connectivity index (χ2v) is 13.7. The van der Waals surface area contributed by atoms with Crippen LogP contribution in [0.1, 0.15) is 57.4 Å². The Morgan fingerprint density at radius 1 is 1.18 bits per heavy atom. The summed E-state index contributed by atoms with van der Waals surface area (Å²) in [5.41, 5.74) is -0.610. The maximum Gasteiger partial charge on any atom is 0.573 e. The van der Waals surface area contributed by atoms with Crippen LogP contribution in [0.4, 0.5) is 13.2 Å². The number of benzene rings is 1. The first-order valence-corrected chi connectivity index (χ1v) is 15.5. The van der Waals surface area contributed by atoms with Crippen LogP contribution in [0.5, 0.6) is 0 Å². The average Bonchev–Trinajstić information content (AvgIpc) is 3.68. The summed E-state index contributed by atoms with van der Waals surface area (Å²) in [5.74, 6) is -2.22. The molecule has 7 rings (SSSR count). The number of aliphatic hydroxyl groups excluding tert-OH is 1. The van der Waals surface area contributed by atoms with E-state index in [2.05, 4.69) is 17.1 Å². The van der Waals surface area contributed by atoms with E-state index in [4.69, 9.17) is 9.47 Å². The van der Waals surface area contributed by atoms with Crippen LogP contribution in [0.2, 0.25) is 0 Å². The van der Waals surface area contributed by atoms with Gasteiger partial charge >= 0.3 is 12.3 Å². The normalized spacial score (nSPS) is 37.6. The van der Waals surface area contributed by atoms with Gasteiger partial charge in [0.15, 0.2) is 5.76 Å². The van der Waals surface area contributed by atoms with E-state index >= 15 is 0 Å². The number of carbonyl (C=O) groups excluding carboxylic acids is 2. The molecule has 4 fully saturated rings. The molecule has 236 valence electrons. The van der Waals surface area contributed by atoms with Crippen LogP contribution in [0.15, 0.2) is 59.1 Å². The smallest absolute Gasteiger partial charge is 0.508 e. The summed E-state index contributed by atoms with van der Waals surface area (Å²) in [6.07, 6.45) is 2.51. The number of hydrogen-bond donors (Lipinski definition) is 2. The zero-order valence-corrected chi connectivity index (χ0v) is 24.9. The van der Waals surface area contributed by atoms with Gasteiger partial charge in [0, 0.05) is 48.7 Å². The molecule has 0 aromatic heterocycles. The molecule has 4 aliphatic carbocycles. The molecule has 11 heteroatoms. The van der Waals surface area contributed by atoms with E-state index in [1.165, 1.54) is 31.1 Å². The quantitative estimate of drug-likeness (QED) is 0.143. The van der Waals surface area contributed by atoms with Gasteiger partial charge < -0.3 is 29.1 Å². The van der Waals surface area contributed by atoms with Crippen molar-refractivity contribution >= 4 is 18.0 Å². The van der Waals surface area contributed by atoms with E-state index in [1.54, 1.807) is 18.2 Å². The van der Waals surface area contributed by atoms with Crippen molar-refractivity contribution in [2.24, 2.45) is 17.3 Å². The van der Waals surface area contributed by atoms with E-state index in [0.29, 0.717) is 18.0 Å². The number of ether oxygens (including phenoxy) is 3. The highest BCUT2D eigenvalue weighted by atomic mass is 19.4. The number of aliphatic hydroxyl groups is 1. The molecular formula is C33H38F3N2O6+. The first kappa shape index (κ1) is 29.4. The van der Waals surface area contributed by atoms with Gasteiger partial charge in [0.05, 0.1) is 32.3 Å². The highest BCUT2D eigenvalue weighted by Gasteiger charge is 2.72. The fourth-order valence-corrected chi connectivity index (χ4v) is 9.19. The molecule has 1 aromatic rings. The number of likely N-dealkylation sites (tertiary alicyclic amines) is 1. The second-order valence-electron chi connectivity index (χ2n) is 13.7. The topological polar surface area (TPSA) is 94.1 Å². The number of piperidine rings is 1. The summed E-state index contributed by atoms with van der Waals surface area (Å²) in [7, 11) is 2.34. The number of nitrogens with zero attached hydrogens (tertiary/aromatic N) is 1. The Bertz CT molecular complexity index is 1470. The number of hydrogen-bond acceptors (Lipinski definition) is 6. The van der Waals surface area contributed by atoms with Crippen LogP contribution in [0, 0.1) is 17.3 Å². The number of rotatable bonds is 7. The molecule has 2 aliphatic heterocycles. The molecule has 2 heterocycles. The predicted molar refractivity (Wildman–Crippen MR) is 152 cm³/mol. The van der Waals surface area contributed by atoms with E-state index < -0.39 is 41.2 Å². The van der Waals surface area contributed by atoms with E-state index in [-0.39, 0.29) is 17.8 Å². The summed E-state index contributed by atoms with van der Waals surface area (Å²) in [6, 6.07) is 8.27. The minimum atomic E-state index is -5.16. The Hall–Kier alpha value is -3.31. The number of halogens is 3. The molecule has 8 nitrogen and oxygen atoms in total. The summed E-state index contributed by atoms with van der Waals surface area (Å²) >= 11 is 0. The third-order valence-electron chi connectivity index (χ3n) is 10.9. The molecule has 7 atom stereocenters. The Labute approximate surface area is 254 Å². The lowest BCUT2D eigenvalue weighted by atomic mass is 9.50. The fourth-order valence-electron chi connectivity index (χ4n) is 9.19. The van der Waals surface area contributed by atoms with Crippen molar-refractivity contribution in [1.29, 1.82) is 0 Å². The van der Waals surface area contributed by atoms with Crippen molar-refractivity contribution in [2.75, 3.05) is 20.1 Å². The fraction of sp³-hybridized carbons (Fsp3) is 0.576. The van der Waals surface area contributed by atoms with Crippen LogP contribution >= 0.6 is 0 Å². The Kier molecular flexibility index (Phi) is 6.75. The van der Waals surface area contributed by atoms with Crippen molar-refractivity contribution in [3.63, 3.8) is 0 Å². The summed E-state index contributed by atoms with van der Waals surface area (Å²) in [6.45, 7) is 3.21. The molecule has 2 bridgehead atoms. The van der Waals surface area contributed by atoms with Gasteiger partial charge in [-0.15, -0.1) is 13.2 Å². The lowest BCUT2D eigenvalue weighted by Crippen LogP contribution is -2.69. The van der Waals surface area contributed by atoms with E-state index in [0.717, 1.165) is 73.3 Å². The van der Waals surface area contributed by atoms with Gasteiger partial charge in [0.1, 0.15) is 11.9 Å². The zero-order chi connectivity index (χ0) is 31.1. The predicted octanol–water partition coefficient (Wildman–Crippen LogP) is 5.28. The number of amides is 1. The highest BCUT2D eigenvalue weighted by Crippen LogP contribution is 2.68. The van der Waals surface area contributed by atoms with E-state index in [1.807, 2.05) is 0 Å². The monoisotopic (exact) mass is 615 g/mol. The number of esters is 1. The highest BCUT2D eigenvalue weighted by molar-refractivity contribution is 5.96. The zero-order valence-electron chi connectivity index (χ0n) is 24.9. The largest absolute Gasteiger partial charge is 0.573 e. The van der Waals surface area contributed by atoms with Crippen LogP contribution < -0.4 is 5.32 Å². The third kappa shape index (κ3) is 4.74. The molecule has 2 saturated carbocycles. The van der Waals surface area contributed by atoms with Gasteiger partial charge in [-0.05, 0) is 42.9 Å². The van der Waals surface area contributed by atoms with Crippen LogP contribution in [0.25, 0.3) is 6.08 Å². The number of carbonyl (C=O) groups is 2. The Morgan fingerprint density at radius 3 is 2.61 bits per heavy atom. The van der Waals surface area contributed by atoms with Crippen LogP contribution in [-0.2, 0) is 23.8 Å². The molecule has 1 spiro atoms. The van der Waals surface area contributed by atoms with Gasteiger partial charge in [0.2, 0.25) is 5.72 Å². The van der Waals surface area contributed by atoms with Gasteiger partial charge in [0.25, 0.3) is 5.91 Å². The molecule has 0 radical (unpaired) electrons.